The number of hydrogen-bond donors (Lipinski definition) is 1. The van der Waals surface area contributed by atoms with E-state index >= 15 is 0 Å². The monoisotopic (exact) mass is 421 g/mol. The second kappa shape index (κ2) is 8.46. The van der Waals surface area contributed by atoms with Gasteiger partial charge in [0, 0.05) is 35.7 Å². The van der Waals surface area contributed by atoms with Crippen molar-refractivity contribution in [3.63, 3.8) is 0 Å². The molecule has 1 aliphatic carbocycles. The lowest BCUT2D eigenvalue weighted by molar-refractivity contribution is -0.119. The van der Waals surface area contributed by atoms with Gasteiger partial charge in [-0.05, 0) is 54.7 Å². The molecule has 1 heterocycles. The lowest BCUT2D eigenvalue weighted by Crippen LogP contribution is -2.40. The molecular formula is C25H27NO5. The van der Waals surface area contributed by atoms with Crippen molar-refractivity contribution >= 4 is 17.4 Å². The fourth-order valence-corrected chi connectivity index (χ4v) is 4.57. The van der Waals surface area contributed by atoms with Gasteiger partial charge in [0.2, 0.25) is 11.7 Å². The van der Waals surface area contributed by atoms with Gasteiger partial charge in [-0.15, -0.1) is 0 Å². The van der Waals surface area contributed by atoms with Gasteiger partial charge in [-0.2, -0.15) is 0 Å². The third-order valence-electron chi connectivity index (χ3n) is 6.18. The molecule has 2 aromatic rings. The number of rotatable bonds is 5. The Morgan fingerprint density at radius 2 is 1.68 bits per heavy atom. The first-order valence-electron chi connectivity index (χ1n) is 10.6. The van der Waals surface area contributed by atoms with E-state index < -0.39 is 5.92 Å². The van der Waals surface area contributed by atoms with Crippen molar-refractivity contribution in [1.82, 2.24) is 0 Å². The van der Waals surface area contributed by atoms with Gasteiger partial charge in [0.1, 0.15) is 0 Å². The first-order valence-corrected chi connectivity index (χ1v) is 10.6. The number of benzene rings is 2. The van der Waals surface area contributed by atoms with Gasteiger partial charge < -0.3 is 14.6 Å². The van der Waals surface area contributed by atoms with E-state index in [1.165, 1.54) is 19.8 Å². The van der Waals surface area contributed by atoms with Crippen LogP contribution in [0.15, 0.2) is 47.7 Å². The number of hydrogen-bond acceptors (Lipinski definition) is 5. The average Bonchev–Trinajstić information content (AvgIpc) is 2.79. The molecule has 0 saturated heterocycles. The molecule has 0 aromatic heterocycles. The summed E-state index contributed by atoms with van der Waals surface area (Å²) in [6.45, 7) is 2.09. The number of aromatic hydroxyl groups is 1. The Kier molecular flexibility index (Phi) is 5.72. The first kappa shape index (κ1) is 21.0. The van der Waals surface area contributed by atoms with E-state index in [1.807, 2.05) is 24.3 Å². The highest BCUT2D eigenvalue weighted by Gasteiger charge is 2.40. The molecule has 1 atom stereocenters. The first-order chi connectivity index (χ1) is 15.0. The van der Waals surface area contributed by atoms with Gasteiger partial charge in [0.25, 0.3) is 0 Å². The van der Waals surface area contributed by atoms with E-state index in [1.54, 1.807) is 17.0 Å². The van der Waals surface area contributed by atoms with Crippen LogP contribution in [0.4, 0.5) is 5.69 Å². The molecule has 2 aliphatic rings. The molecule has 1 N–H and O–H groups in total. The van der Waals surface area contributed by atoms with Crippen LogP contribution < -0.4 is 14.4 Å². The fraction of sp³-hybridized carbons (Fsp3) is 0.360. The van der Waals surface area contributed by atoms with Crippen LogP contribution in [0.5, 0.6) is 17.2 Å². The zero-order valence-corrected chi connectivity index (χ0v) is 18.1. The zero-order chi connectivity index (χ0) is 22.1. The third kappa shape index (κ3) is 3.67. The molecule has 4 rings (SSSR count). The number of carbonyl (C=O) groups is 2. The molecule has 0 spiro atoms. The number of anilines is 1. The van der Waals surface area contributed by atoms with Gasteiger partial charge >= 0.3 is 0 Å². The minimum absolute atomic E-state index is 0.0475. The van der Waals surface area contributed by atoms with Crippen LogP contribution in [-0.2, 0) is 16.0 Å². The van der Waals surface area contributed by atoms with Crippen LogP contribution in [0.25, 0.3) is 0 Å². The van der Waals surface area contributed by atoms with Gasteiger partial charge in [0.05, 0.1) is 14.2 Å². The molecule has 1 amide bonds. The Morgan fingerprint density at radius 1 is 1.03 bits per heavy atom. The van der Waals surface area contributed by atoms with Gasteiger partial charge in [0.15, 0.2) is 17.3 Å². The standard InChI is InChI=1S/C25H27NO5/c1-4-15-8-10-17(11-9-15)26-19-6-5-7-20(27)24(19)18(14-23(26)28)16-12-21(30-2)25(29)22(13-16)31-3/h8-13,18,29H,4-7,14H2,1-3H3. The number of methoxy groups -OCH3 is 2. The number of aryl methyl sites for hydroxylation is 1. The van der Waals surface area contributed by atoms with Crippen LogP contribution in [0, 0.1) is 0 Å². The predicted octanol–water partition coefficient (Wildman–Crippen LogP) is 4.50. The van der Waals surface area contributed by atoms with E-state index in [2.05, 4.69) is 6.92 Å². The number of ether oxygens (including phenoxy) is 2. The number of nitrogens with zero attached hydrogens (tertiary/aromatic N) is 1. The predicted molar refractivity (Wildman–Crippen MR) is 118 cm³/mol. The van der Waals surface area contributed by atoms with Gasteiger partial charge in [-0.1, -0.05) is 19.1 Å². The number of phenolic OH excluding ortho intramolecular Hbond substituents is 1. The topological polar surface area (TPSA) is 76.1 Å². The highest BCUT2D eigenvalue weighted by molar-refractivity contribution is 6.07. The molecule has 162 valence electrons. The summed E-state index contributed by atoms with van der Waals surface area (Å²) in [5.74, 6) is 0.0331. The number of amides is 1. The summed E-state index contributed by atoms with van der Waals surface area (Å²) in [5, 5.41) is 10.3. The molecular weight excluding hydrogens is 394 g/mol. The lowest BCUT2D eigenvalue weighted by atomic mass is 9.77. The Labute approximate surface area is 182 Å². The molecule has 2 aromatic carbocycles. The Morgan fingerprint density at radius 3 is 2.26 bits per heavy atom. The maximum absolute atomic E-state index is 13.3. The molecule has 0 radical (unpaired) electrons. The number of phenols is 1. The van der Waals surface area contributed by atoms with Crippen molar-refractivity contribution < 1.29 is 24.2 Å². The van der Waals surface area contributed by atoms with Crippen molar-refractivity contribution in [3.8, 4) is 17.2 Å². The van der Waals surface area contributed by atoms with Crippen LogP contribution in [0.3, 0.4) is 0 Å². The second-order valence-corrected chi connectivity index (χ2v) is 7.92. The Balaban J connectivity index is 1.85. The molecule has 6 nitrogen and oxygen atoms in total. The van der Waals surface area contributed by atoms with Crippen molar-refractivity contribution in [1.29, 1.82) is 0 Å². The number of ketones is 1. The van der Waals surface area contributed by atoms with Gasteiger partial charge in [-0.25, -0.2) is 0 Å². The Hall–Kier alpha value is -3.28. The van der Waals surface area contributed by atoms with Crippen LogP contribution in [0.1, 0.15) is 49.7 Å². The summed E-state index contributed by atoms with van der Waals surface area (Å²) in [5.41, 5.74) is 4.18. The molecule has 1 unspecified atom stereocenters. The highest BCUT2D eigenvalue weighted by atomic mass is 16.5. The maximum atomic E-state index is 13.3. The van der Waals surface area contributed by atoms with Crippen molar-refractivity contribution in [2.75, 3.05) is 19.1 Å². The third-order valence-corrected chi connectivity index (χ3v) is 6.18. The summed E-state index contributed by atoms with van der Waals surface area (Å²) < 4.78 is 10.6. The normalized spacial score (nSPS) is 18.8. The Bertz CT molecular complexity index is 1030. The summed E-state index contributed by atoms with van der Waals surface area (Å²) in [6.07, 6.45) is 2.96. The second-order valence-electron chi connectivity index (χ2n) is 7.92. The van der Waals surface area contributed by atoms with Crippen LogP contribution >= 0.6 is 0 Å². The zero-order valence-electron chi connectivity index (χ0n) is 18.1. The largest absolute Gasteiger partial charge is 0.502 e. The smallest absolute Gasteiger partial charge is 0.232 e. The lowest BCUT2D eigenvalue weighted by Gasteiger charge is -2.38. The fourth-order valence-electron chi connectivity index (χ4n) is 4.57. The summed E-state index contributed by atoms with van der Waals surface area (Å²) in [6, 6.07) is 11.3. The molecule has 6 heteroatoms. The van der Waals surface area contributed by atoms with Crippen molar-refractivity contribution in [3.05, 3.63) is 58.8 Å². The minimum Gasteiger partial charge on any atom is -0.502 e. The molecule has 0 bridgehead atoms. The van der Waals surface area contributed by atoms with Crippen molar-refractivity contribution in [2.24, 2.45) is 0 Å². The van der Waals surface area contributed by atoms with E-state index in [0.717, 1.165) is 29.8 Å². The van der Waals surface area contributed by atoms with E-state index in [0.29, 0.717) is 18.4 Å². The maximum Gasteiger partial charge on any atom is 0.232 e. The van der Waals surface area contributed by atoms with Gasteiger partial charge in [-0.3, -0.25) is 14.5 Å². The number of allylic oxidation sites excluding steroid dienone is 2. The quantitative estimate of drug-likeness (QED) is 0.769. The summed E-state index contributed by atoms with van der Waals surface area (Å²) >= 11 is 0. The number of Topliss-reactive ketones (excluding diaryl/α,β-unsaturated/α-hetero) is 1. The minimum atomic E-state index is -0.398. The van der Waals surface area contributed by atoms with E-state index in [-0.39, 0.29) is 35.4 Å². The molecule has 0 fully saturated rings. The molecule has 1 aliphatic heterocycles. The molecule has 31 heavy (non-hydrogen) atoms. The van der Waals surface area contributed by atoms with Crippen LogP contribution in [-0.4, -0.2) is 31.0 Å². The summed E-state index contributed by atoms with van der Waals surface area (Å²) in [7, 11) is 2.92. The SMILES string of the molecule is CCc1ccc(N2C(=O)CC(c3cc(OC)c(O)c(OC)c3)C3=C2CCCC3=O)cc1. The number of carbonyl (C=O) groups excluding carboxylic acids is 2. The van der Waals surface area contributed by atoms with Crippen molar-refractivity contribution in [2.45, 2.75) is 44.9 Å². The average molecular weight is 421 g/mol. The van der Waals surface area contributed by atoms with E-state index in [9.17, 15) is 14.7 Å². The highest BCUT2D eigenvalue weighted by Crippen LogP contribution is 2.47. The van der Waals surface area contributed by atoms with Crippen LogP contribution in [0.2, 0.25) is 0 Å². The summed E-state index contributed by atoms with van der Waals surface area (Å²) in [4.78, 5) is 28.1. The van der Waals surface area contributed by atoms with E-state index in [4.69, 9.17) is 9.47 Å². The molecule has 0 saturated carbocycles.